The molecular weight excluding hydrogens is 352 g/mol. The van der Waals surface area contributed by atoms with Crippen LogP contribution in [0.1, 0.15) is 27.3 Å². The van der Waals surface area contributed by atoms with Crippen molar-refractivity contribution >= 4 is 5.91 Å². The van der Waals surface area contributed by atoms with E-state index in [1.807, 2.05) is 0 Å². The number of hydrogen-bond acceptors (Lipinski definition) is 4. The number of nitrogens with zero attached hydrogens (tertiary/aromatic N) is 2. The number of nitrogens with one attached hydrogen (secondary N) is 1. The van der Waals surface area contributed by atoms with Gasteiger partial charge in [0.15, 0.2) is 0 Å². The van der Waals surface area contributed by atoms with Crippen molar-refractivity contribution in [3.63, 3.8) is 0 Å². The van der Waals surface area contributed by atoms with Crippen molar-refractivity contribution in [3.05, 3.63) is 76.7 Å². The Morgan fingerprint density at radius 3 is 2.59 bits per heavy atom. The number of hydrogen-bond donors (Lipinski definition) is 1. The third-order valence-electron chi connectivity index (χ3n) is 4.44. The van der Waals surface area contributed by atoms with E-state index in [0.717, 1.165) is 0 Å². The summed E-state index contributed by atoms with van der Waals surface area (Å²) in [6.45, 7) is 0.223. The van der Waals surface area contributed by atoms with Crippen LogP contribution >= 0.6 is 0 Å². The summed E-state index contributed by atoms with van der Waals surface area (Å²) in [5.74, 6) is -1.03. The SMILES string of the molecule is COc1ccc(Cc2cc(-c3c(F)cccc3F)nc3c2C(=O)NC3)nc1. The number of benzene rings is 1. The third kappa shape index (κ3) is 3.12. The lowest BCUT2D eigenvalue weighted by Gasteiger charge is -2.11. The summed E-state index contributed by atoms with van der Waals surface area (Å²) in [7, 11) is 1.55. The van der Waals surface area contributed by atoms with E-state index in [2.05, 4.69) is 15.3 Å². The van der Waals surface area contributed by atoms with Gasteiger partial charge in [-0.05, 0) is 35.9 Å². The molecule has 1 aromatic carbocycles. The number of aromatic nitrogens is 2. The van der Waals surface area contributed by atoms with Crippen molar-refractivity contribution < 1.29 is 18.3 Å². The van der Waals surface area contributed by atoms with Crippen LogP contribution in [0.15, 0.2) is 42.6 Å². The van der Waals surface area contributed by atoms with Gasteiger partial charge in [-0.3, -0.25) is 9.78 Å². The number of ether oxygens (including phenoxy) is 1. The Morgan fingerprint density at radius 2 is 1.93 bits per heavy atom. The molecule has 0 unspecified atom stereocenters. The molecule has 2 aromatic heterocycles. The quantitative estimate of drug-likeness (QED) is 0.769. The molecule has 0 saturated heterocycles. The number of carbonyl (C=O) groups excluding carboxylic acids is 1. The Morgan fingerprint density at radius 1 is 1.15 bits per heavy atom. The van der Waals surface area contributed by atoms with E-state index in [1.165, 1.54) is 18.2 Å². The Kier molecular flexibility index (Phi) is 4.27. The molecule has 1 amide bonds. The molecule has 3 aromatic rings. The Bertz CT molecular complexity index is 1020. The van der Waals surface area contributed by atoms with E-state index in [4.69, 9.17) is 4.74 Å². The van der Waals surface area contributed by atoms with E-state index in [1.54, 1.807) is 31.5 Å². The van der Waals surface area contributed by atoms with Crippen molar-refractivity contribution in [2.45, 2.75) is 13.0 Å². The average molecular weight is 367 g/mol. The molecule has 0 fully saturated rings. The molecule has 3 heterocycles. The zero-order valence-corrected chi connectivity index (χ0v) is 14.4. The summed E-state index contributed by atoms with van der Waals surface area (Å²) < 4.78 is 33.5. The highest BCUT2D eigenvalue weighted by molar-refractivity contribution is 5.99. The molecule has 1 aliphatic rings. The Balaban J connectivity index is 1.82. The molecule has 0 saturated carbocycles. The van der Waals surface area contributed by atoms with Gasteiger partial charge in [-0.1, -0.05) is 6.07 Å². The lowest BCUT2D eigenvalue weighted by Crippen LogP contribution is -2.14. The zero-order chi connectivity index (χ0) is 19.0. The first-order valence-corrected chi connectivity index (χ1v) is 8.31. The van der Waals surface area contributed by atoms with E-state index >= 15 is 0 Å². The van der Waals surface area contributed by atoms with Crippen molar-refractivity contribution in [3.8, 4) is 17.0 Å². The maximum absolute atomic E-state index is 14.2. The van der Waals surface area contributed by atoms with E-state index in [9.17, 15) is 13.6 Å². The van der Waals surface area contributed by atoms with Gasteiger partial charge in [0.25, 0.3) is 5.91 Å². The minimum absolute atomic E-state index is 0.157. The van der Waals surface area contributed by atoms with Crippen LogP contribution < -0.4 is 10.1 Å². The second kappa shape index (κ2) is 6.75. The van der Waals surface area contributed by atoms with E-state index in [0.29, 0.717) is 34.7 Å². The van der Waals surface area contributed by atoms with Crippen LogP contribution in [0.3, 0.4) is 0 Å². The Labute approximate surface area is 154 Å². The summed E-state index contributed by atoms with van der Waals surface area (Å²) in [4.78, 5) is 20.8. The van der Waals surface area contributed by atoms with Crippen molar-refractivity contribution in [1.82, 2.24) is 15.3 Å². The summed E-state index contributed by atoms with van der Waals surface area (Å²) >= 11 is 0. The van der Waals surface area contributed by atoms with Crippen LogP contribution in [0.2, 0.25) is 0 Å². The van der Waals surface area contributed by atoms with Crippen LogP contribution in [0.4, 0.5) is 8.78 Å². The number of amides is 1. The fourth-order valence-corrected chi connectivity index (χ4v) is 3.15. The molecule has 136 valence electrons. The lowest BCUT2D eigenvalue weighted by atomic mass is 9.98. The van der Waals surface area contributed by atoms with Gasteiger partial charge < -0.3 is 10.1 Å². The molecule has 0 radical (unpaired) electrons. The van der Waals surface area contributed by atoms with Crippen molar-refractivity contribution in [2.24, 2.45) is 0 Å². The van der Waals surface area contributed by atoms with Gasteiger partial charge in [0.1, 0.15) is 17.4 Å². The zero-order valence-electron chi connectivity index (χ0n) is 14.4. The van der Waals surface area contributed by atoms with Crippen molar-refractivity contribution in [1.29, 1.82) is 0 Å². The maximum Gasteiger partial charge on any atom is 0.253 e. The highest BCUT2D eigenvalue weighted by atomic mass is 19.1. The number of pyridine rings is 2. The number of methoxy groups -OCH3 is 1. The molecule has 0 aliphatic carbocycles. The highest BCUT2D eigenvalue weighted by Gasteiger charge is 2.26. The highest BCUT2D eigenvalue weighted by Crippen LogP contribution is 2.30. The monoisotopic (exact) mass is 367 g/mol. The fourth-order valence-electron chi connectivity index (χ4n) is 3.15. The number of rotatable bonds is 4. The normalized spacial score (nSPS) is 12.6. The lowest BCUT2D eigenvalue weighted by molar-refractivity contribution is 0.0965. The average Bonchev–Trinajstić information content (AvgIpc) is 3.03. The largest absolute Gasteiger partial charge is 0.495 e. The molecule has 1 N–H and O–H groups in total. The number of carbonyl (C=O) groups is 1. The van der Waals surface area contributed by atoms with Gasteiger partial charge in [-0.15, -0.1) is 0 Å². The molecule has 0 bridgehead atoms. The van der Waals surface area contributed by atoms with Crippen LogP contribution in [-0.2, 0) is 13.0 Å². The second-order valence-corrected chi connectivity index (χ2v) is 6.13. The molecule has 5 nitrogen and oxygen atoms in total. The fraction of sp³-hybridized carbons (Fsp3) is 0.150. The summed E-state index contributed by atoms with van der Waals surface area (Å²) in [5, 5.41) is 2.71. The standard InChI is InChI=1S/C20H15F2N3O2/c1-27-13-6-5-12(23-9-13)7-11-8-16(19-14(21)3-2-4-15(19)22)25-17-10-24-20(26)18(11)17/h2-6,8-9H,7,10H2,1H3,(H,24,26). The summed E-state index contributed by atoms with van der Waals surface area (Å²) in [5.41, 5.74) is 2.18. The smallest absolute Gasteiger partial charge is 0.253 e. The summed E-state index contributed by atoms with van der Waals surface area (Å²) in [6, 6.07) is 8.76. The molecule has 27 heavy (non-hydrogen) atoms. The molecule has 0 spiro atoms. The van der Waals surface area contributed by atoms with Crippen LogP contribution in [0.25, 0.3) is 11.3 Å². The molecule has 7 heteroatoms. The number of fused-ring (bicyclic) bond motifs is 1. The third-order valence-corrected chi connectivity index (χ3v) is 4.44. The van der Waals surface area contributed by atoms with Gasteiger partial charge in [-0.2, -0.15) is 0 Å². The summed E-state index contributed by atoms with van der Waals surface area (Å²) in [6.07, 6.45) is 1.90. The van der Waals surface area contributed by atoms with Crippen LogP contribution in [0.5, 0.6) is 5.75 Å². The van der Waals surface area contributed by atoms with Gasteiger partial charge in [0.2, 0.25) is 0 Å². The molecule has 1 aliphatic heterocycles. The first-order chi connectivity index (χ1) is 13.1. The Hall–Kier alpha value is -3.35. The second-order valence-electron chi connectivity index (χ2n) is 6.13. The van der Waals surface area contributed by atoms with E-state index in [-0.39, 0.29) is 23.7 Å². The molecular formula is C20H15F2N3O2. The minimum atomic E-state index is -0.701. The van der Waals surface area contributed by atoms with Crippen LogP contribution in [0, 0.1) is 11.6 Å². The minimum Gasteiger partial charge on any atom is -0.495 e. The number of halogens is 2. The van der Waals surface area contributed by atoms with Gasteiger partial charge in [0, 0.05) is 12.1 Å². The van der Waals surface area contributed by atoms with Gasteiger partial charge in [-0.25, -0.2) is 13.8 Å². The topological polar surface area (TPSA) is 64.1 Å². The van der Waals surface area contributed by atoms with E-state index < -0.39 is 11.6 Å². The van der Waals surface area contributed by atoms with Gasteiger partial charge in [0.05, 0.1) is 42.4 Å². The first kappa shape index (κ1) is 17.1. The molecule has 4 rings (SSSR count). The van der Waals surface area contributed by atoms with Gasteiger partial charge >= 0.3 is 0 Å². The predicted octanol–water partition coefficient (Wildman–Crippen LogP) is 3.26. The predicted molar refractivity (Wildman–Crippen MR) is 94.4 cm³/mol. The maximum atomic E-state index is 14.2. The first-order valence-electron chi connectivity index (χ1n) is 8.31. The molecule has 0 atom stereocenters. The van der Waals surface area contributed by atoms with Crippen LogP contribution in [-0.4, -0.2) is 23.0 Å². The van der Waals surface area contributed by atoms with Crippen molar-refractivity contribution in [2.75, 3.05) is 7.11 Å².